The Morgan fingerprint density at radius 1 is 1.45 bits per heavy atom. The highest BCUT2D eigenvalue weighted by Gasteiger charge is 2.31. The number of carbonyl (C=O) groups is 1. The first kappa shape index (κ1) is 17.4. The minimum absolute atomic E-state index is 0.213. The number of carbonyl (C=O) groups excluding carboxylic acids is 1. The van der Waals surface area contributed by atoms with Gasteiger partial charge >= 0.3 is 0 Å². The third-order valence-electron chi connectivity index (χ3n) is 3.82. The van der Waals surface area contributed by atoms with Gasteiger partial charge in [-0.3, -0.25) is 9.69 Å². The summed E-state index contributed by atoms with van der Waals surface area (Å²) in [6.45, 7) is 11.4. The molecule has 1 heterocycles. The Kier molecular flexibility index (Phi) is 6.43. The lowest BCUT2D eigenvalue weighted by Gasteiger charge is -2.40. The molecular weight excluding hydrogens is 254 g/mol. The summed E-state index contributed by atoms with van der Waals surface area (Å²) < 4.78 is 0. The zero-order valence-electron chi connectivity index (χ0n) is 13.4. The monoisotopic (exact) mass is 285 g/mol. The molecule has 0 bridgehead atoms. The Morgan fingerprint density at radius 2 is 2.10 bits per heavy atom. The molecule has 1 aliphatic rings. The lowest BCUT2D eigenvalue weighted by molar-refractivity contribution is -0.120. The van der Waals surface area contributed by atoms with Crippen LogP contribution in [0, 0.1) is 11.3 Å². The molecule has 5 heteroatoms. The van der Waals surface area contributed by atoms with E-state index in [1.165, 1.54) is 0 Å². The van der Waals surface area contributed by atoms with Crippen LogP contribution in [0.15, 0.2) is 0 Å². The quantitative estimate of drug-likeness (QED) is 0.666. The molecule has 3 unspecified atom stereocenters. The van der Waals surface area contributed by atoms with Gasteiger partial charge in [-0.2, -0.15) is 0 Å². The first-order chi connectivity index (χ1) is 9.21. The fourth-order valence-electron chi connectivity index (χ4n) is 2.79. The van der Waals surface area contributed by atoms with Crippen LogP contribution in [-0.4, -0.2) is 54.2 Å². The van der Waals surface area contributed by atoms with Crippen molar-refractivity contribution in [3.8, 4) is 0 Å². The van der Waals surface area contributed by atoms with Gasteiger partial charge in [-0.15, -0.1) is 0 Å². The van der Waals surface area contributed by atoms with Gasteiger partial charge in [0.25, 0.3) is 0 Å². The highest BCUT2D eigenvalue weighted by Crippen LogP contribution is 2.22. The van der Waals surface area contributed by atoms with E-state index >= 15 is 0 Å². The van der Waals surface area contributed by atoms with Crippen LogP contribution in [0.1, 0.15) is 40.5 Å². The average Bonchev–Trinajstić information content (AvgIpc) is 2.33. The normalized spacial score (nSPS) is 26.4. The standard InChI is InChI=1S/C15H31N3O2/c1-5-13(19)11-6-12(17-10-15(2,3)4)8-18(7-11)9-14(16)20/h11-13,17,19H,5-10H2,1-4H3,(H2,16,20). The molecule has 0 spiro atoms. The van der Waals surface area contributed by atoms with Crippen molar-refractivity contribution in [1.82, 2.24) is 10.2 Å². The second kappa shape index (κ2) is 7.38. The number of nitrogens with one attached hydrogen (secondary N) is 1. The van der Waals surface area contributed by atoms with E-state index in [1.807, 2.05) is 6.92 Å². The summed E-state index contributed by atoms with van der Waals surface area (Å²) in [4.78, 5) is 13.2. The van der Waals surface area contributed by atoms with Crippen LogP contribution in [0.25, 0.3) is 0 Å². The van der Waals surface area contributed by atoms with Gasteiger partial charge in [0.1, 0.15) is 0 Å². The van der Waals surface area contributed by atoms with E-state index < -0.39 is 0 Å². The summed E-state index contributed by atoms with van der Waals surface area (Å²) in [5.74, 6) is -0.0863. The van der Waals surface area contributed by atoms with Crippen LogP contribution < -0.4 is 11.1 Å². The predicted molar refractivity (Wildman–Crippen MR) is 81.3 cm³/mol. The maximum atomic E-state index is 11.1. The summed E-state index contributed by atoms with van der Waals surface area (Å²) in [6.07, 6.45) is 1.41. The molecule has 0 aromatic heterocycles. The maximum absolute atomic E-state index is 11.1. The average molecular weight is 285 g/mol. The lowest BCUT2D eigenvalue weighted by Crippen LogP contribution is -2.54. The summed E-state index contributed by atoms with van der Waals surface area (Å²) in [5, 5.41) is 13.7. The molecule has 5 nitrogen and oxygen atoms in total. The molecule has 1 saturated heterocycles. The first-order valence-electron chi connectivity index (χ1n) is 7.63. The summed E-state index contributed by atoms with van der Waals surface area (Å²) >= 11 is 0. The smallest absolute Gasteiger partial charge is 0.231 e. The number of nitrogens with zero attached hydrogens (tertiary/aromatic N) is 1. The molecule has 0 aliphatic carbocycles. The fraction of sp³-hybridized carbons (Fsp3) is 0.933. The molecule has 4 N–H and O–H groups in total. The number of hydrogen-bond acceptors (Lipinski definition) is 4. The number of aliphatic hydroxyl groups is 1. The summed E-state index contributed by atoms with van der Waals surface area (Å²) in [5.41, 5.74) is 5.53. The Balaban J connectivity index is 2.61. The van der Waals surface area contributed by atoms with E-state index in [1.54, 1.807) is 0 Å². The number of amides is 1. The maximum Gasteiger partial charge on any atom is 0.231 e. The van der Waals surface area contributed by atoms with Crippen molar-refractivity contribution in [3.63, 3.8) is 0 Å². The largest absolute Gasteiger partial charge is 0.393 e. The lowest BCUT2D eigenvalue weighted by atomic mass is 9.87. The van der Waals surface area contributed by atoms with Gasteiger partial charge in [0.2, 0.25) is 5.91 Å². The zero-order chi connectivity index (χ0) is 15.3. The van der Waals surface area contributed by atoms with E-state index in [4.69, 9.17) is 5.73 Å². The van der Waals surface area contributed by atoms with E-state index in [2.05, 4.69) is 31.0 Å². The van der Waals surface area contributed by atoms with Crippen LogP contribution in [0.5, 0.6) is 0 Å². The van der Waals surface area contributed by atoms with Crippen molar-refractivity contribution < 1.29 is 9.90 Å². The van der Waals surface area contributed by atoms with Gasteiger partial charge in [0.15, 0.2) is 0 Å². The zero-order valence-corrected chi connectivity index (χ0v) is 13.4. The number of rotatable bonds is 6. The van der Waals surface area contributed by atoms with Gasteiger partial charge in [-0.05, 0) is 24.2 Å². The third kappa shape index (κ3) is 6.20. The van der Waals surface area contributed by atoms with Crippen molar-refractivity contribution in [1.29, 1.82) is 0 Å². The summed E-state index contributed by atoms with van der Waals surface area (Å²) in [7, 11) is 0. The molecule has 0 radical (unpaired) electrons. The molecule has 0 aromatic rings. The second-order valence-electron chi connectivity index (χ2n) is 7.27. The van der Waals surface area contributed by atoms with Crippen LogP contribution >= 0.6 is 0 Å². The van der Waals surface area contributed by atoms with E-state index in [-0.39, 0.29) is 29.9 Å². The fourth-order valence-corrected chi connectivity index (χ4v) is 2.79. The number of aliphatic hydroxyl groups excluding tert-OH is 1. The van der Waals surface area contributed by atoms with Crippen molar-refractivity contribution in [2.24, 2.45) is 17.1 Å². The van der Waals surface area contributed by atoms with Crippen LogP contribution in [-0.2, 0) is 4.79 Å². The SMILES string of the molecule is CCC(O)C1CC(NCC(C)(C)C)CN(CC(N)=O)C1. The van der Waals surface area contributed by atoms with Gasteiger partial charge in [-0.1, -0.05) is 27.7 Å². The molecule has 0 saturated carbocycles. The predicted octanol–water partition coefficient (Wildman–Crippen LogP) is 0.569. The highest BCUT2D eigenvalue weighted by atomic mass is 16.3. The Hall–Kier alpha value is -0.650. The van der Waals surface area contributed by atoms with Gasteiger partial charge < -0.3 is 16.2 Å². The van der Waals surface area contributed by atoms with Gasteiger partial charge in [0.05, 0.1) is 12.6 Å². The minimum Gasteiger partial charge on any atom is -0.393 e. The van der Waals surface area contributed by atoms with E-state index in [0.29, 0.717) is 6.04 Å². The Morgan fingerprint density at radius 3 is 2.60 bits per heavy atom. The number of piperidine rings is 1. The second-order valence-corrected chi connectivity index (χ2v) is 7.27. The number of nitrogens with two attached hydrogens (primary N) is 1. The number of primary amides is 1. The van der Waals surface area contributed by atoms with Crippen molar-refractivity contribution in [2.45, 2.75) is 52.7 Å². The molecule has 118 valence electrons. The molecule has 3 atom stereocenters. The number of likely N-dealkylation sites (tertiary alicyclic amines) is 1. The molecule has 1 aliphatic heterocycles. The molecule has 20 heavy (non-hydrogen) atoms. The van der Waals surface area contributed by atoms with E-state index in [0.717, 1.165) is 32.5 Å². The Bertz CT molecular complexity index is 315. The highest BCUT2D eigenvalue weighted by molar-refractivity contribution is 5.75. The molecule has 1 rings (SSSR count). The molecule has 1 amide bonds. The van der Waals surface area contributed by atoms with Crippen molar-refractivity contribution in [3.05, 3.63) is 0 Å². The third-order valence-corrected chi connectivity index (χ3v) is 3.82. The van der Waals surface area contributed by atoms with E-state index in [9.17, 15) is 9.90 Å². The van der Waals surface area contributed by atoms with Crippen LogP contribution in [0.3, 0.4) is 0 Å². The van der Waals surface area contributed by atoms with Crippen molar-refractivity contribution >= 4 is 5.91 Å². The molecular formula is C15H31N3O2. The summed E-state index contributed by atoms with van der Waals surface area (Å²) in [6, 6.07) is 0.313. The van der Waals surface area contributed by atoms with Crippen LogP contribution in [0.2, 0.25) is 0 Å². The molecule has 0 aromatic carbocycles. The topological polar surface area (TPSA) is 78.6 Å². The van der Waals surface area contributed by atoms with Gasteiger partial charge in [-0.25, -0.2) is 0 Å². The van der Waals surface area contributed by atoms with Gasteiger partial charge in [0, 0.05) is 25.7 Å². The van der Waals surface area contributed by atoms with Crippen LogP contribution in [0.4, 0.5) is 0 Å². The molecule has 1 fully saturated rings. The Labute approximate surface area is 122 Å². The first-order valence-corrected chi connectivity index (χ1v) is 7.63. The van der Waals surface area contributed by atoms with Crippen molar-refractivity contribution in [2.75, 3.05) is 26.2 Å². The number of hydrogen-bond donors (Lipinski definition) is 3. The minimum atomic E-state index is -0.301.